The van der Waals surface area contributed by atoms with Gasteiger partial charge in [-0.05, 0) is 122 Å². The number of fused-ring (bicyclic) bond motifs is 7. The molecule has 0 heterocycles. The molecule has 186 valence electrons. The summed E-state index contributed by atoms with van der Waals surface area (Å²) in [6, 6.07) is 0. The summed E-state index contributed by atoms with van der Waals surface area (Å²) in [6.07, 6.45) is 10.5. The van der Waals surface area contributed by atoms with E-state index in [1.165, 1.54) is 31.3 Å². The number of hydrogen-bond donors (Lipinski definition) is 2. The van der Waals surface area contributed by atoms with Crippen LogP contribution in [0, 0.1) is 56.7 Å². The summed E-state index contributed by atoms with van der Waals surface area (Å²) in [4.78, 5) is 12.8. The van der Waals surface area contributed by atoms with E-state index in [2.05, 4.69) is 48.1 Å². The number of carbonyl (C=O) groups is 1. The molecule has 5 fully saturated rings. The molecule has 0 spiro atoms. The molecule has 5 saturated carbocycles. The first kappa shape index (κ1) is 23.9. The molecule has 0 saturated heterocycles. The largest absolute Gasteiger partial charge is 0.481 e. The van der Waals surface area contributed by atoms with Crippen LogP contribution in [0.15, 0.2) is 12.2 Å². The molecule has 0 bridgehead atoms. The predicted molar refractivity (Wildman–Crippen MR) is 133 cm³/mol. The Bertz CT molecular complexity index is 861. The van der Waals surface area contributed by atoms with Crippen molar-refractivity contribution >= 4 is 5.97 Å². The first-order valence-electron chi connectivity index (χ1n) is 13.8. The lowest BCUT2D eigenvalue weighted by Crippen LogP contribution is -2.67. The average Bonchev–Trinajstić information content (AvgIpc) is 3.13. The molecule has 5 rings (SSSR count). The van der Waals surface area contributed by atoms with Gasteiger partial charge in [-0.25, -0.2) is 0 Å². The Kier molecular flexibility index (Phi) is 5.15. The Balaban J connectivity index is 1.57. The zero-order valence-electron chi connectivity index (χ0n) is 22.0. The van der Waals surface area contributed by atoms with E-state index in [9.17, 15) is 15.0 Å². The Labute approximate surface area is 201 Å². The van der Waals surface area contributed by atoms with Crippen LogP contribution < -0.4 is 0 Å². The normalized spacial score (nSPS) is 55.0. The molecular formula is C30H48O3. The van der Waals surface area contributed by atoms with Gasteiger partial charge < -0.3 is 10.2 Å². The second-order valence-electron chi connectivity index (χ2n) is 14.5. The van der Waals surface area contributed by atoms with Gasteiger partial charge in [0.25, 0.3) is 0 Å². The fraction of sp³-hybridized carbons (Fsp3) is 0.900. The van der Waals surface area contributed by atoms with Crippen molar-refractivity contribution in [2.24, 2.45) is 56.7 Å². The number of aliphatic carboxylic acids is 1. The van der Waals surface area contributed by atoms with E-state index in [0.29, 0.717) is 23.7 Å². The number of allylic oxidation sites excluding steroid dienone is 1. The van der Waals surface area contributed by atoms with Gasteiger partial charge in [-0.2, -0.15) is 0 Å². The lowest BCUT2D eigenvalue weighted by atomic mass is 9.32. The van der Waals surface area contributed by atoms with E-state index in [1.807, 2.05) is 0 Å². The summed E-state index contributed by atoms with van der Waals surface area (Å²) in [5, 5.41) is 21.4. The molecule has 2 N–H and O–H groups in total. The monoisotopic (exact) mass is 456 g/mol. The number of aliphatic hydroxyl groups excluding tert-OH is 1. The molecule has 5 aliphatic rings. The van der Waals surface area contributed by atoms with Gasteiger partial charge in [0.05, 0.1) is 11.5 Å². The number of carboxylic acids is 1. The maximum absolute atomic E-state index is 12.8. The maximum atomic E-state index is 12.8. The number of carboxylic acid groups (broad SMARTS) is 1. The minimum atomic E-state index is -0.538. The second-order valence-corrected chi connectivity index (χ2v) is 14.5. The summed E-state index contributed by atoms with van der Waals surface area (Å²) in [6.45, 7) is 18.8. The molecule has 3 heteroatoms. The van der Waals surface area contributed by atoms with Gasteiger partial charge in [0.15, 0.2) is 0 Å². The first-order valence-corrected chi connectivity index (χ1v) is 13.8. The third kappa shape index (κ3) is 2.75. The Morgan fingerprint density at radius 1 is 0.818 bits per heavy atom. The maximum Gasteiger partial charge on any atom is 0.309 e. The molecule has 0 amide bonds. The van der Waals surface area contributed by atoms with Crippen molar-refractivity contribution in [3.8, 4) is 0 Å². The highest BCUT2D eigenvalue weighted by Gasteiger charge is 2.71. The minimum absolute atomic E-state index is 0.0202. The average molecular weight is 457 g/mol. The number of rotatable bonds is 2. The van der Waals surface area contributed by atoms with Gasteiger partial charge in [-0.15, -0.1) is 0 Å². The Hall–Kier alpha value is -0.830. The van der Waals surface area contributed by atoms with Crippen molar-refractivity contribution in [3.05, 3.63) is 12.2 Å². The van der Waals surface area contributed by atoms with E-state index in [0.717, 1.165) is 38.5 Å². The van der Waals surface area contributed by atoms with Gasteiger partial charge in [0, 0.05) is 0 Å². The van der Waals surface area contributed by atoms with Crippen LogP contribution in [0.25, 0.3) is 0 Å². The van der Waals surface area contributed by atoms with E-state index < -0.39 is 11.4 Å². The van der Waals surface area contributed by atoms with E-state index in [-0.39, 0.29) is 33.7 Å². The van der Waals surface area contributed by atoms with Gasteiger partial charge in [0.1, 0.15) is 0 Å². The quantitative estimate of drug-likeness (QED) is 0.436. The molecule has 5 aliphatic carbocycles. The Morgan fingerprint density at radius 2 is 1.52 bits per heavy atom. The molecule has 0 aromatic carbocycles. The third-order valence-electron chi connectivity index (χ3n) is 13.5. The molecular weight excluding hydrogens is 408 g/mol. The van der Waals surface area contributed by atoms with Crippen molar-refractivity contribution in [2.45, 2.75) is 112 Å². The van der Waals surface area contributed by atoms with Crippen molar-refractivity contribution in [1.29, 1.82) is 0 Å². The van der Waals surface area contributed by atoms with E-state index >= 15 is 0 Å². The zero-order valence-corrected chi connectivity index (χ0v) is 22.0. The van der Waals surface area contributed by atoms with Crippen molar-refractivity contribution in [1.82, 2.24) is 0 Å². The van der Waals surface area contributed by atoms with Crippen LogP contribution in [-0.2, 0) is 4.79 Å². The highest BCUT2D eigenvalue weighted by molar-refractivity contribution is 5.76. The zero-order chi connectivity index (χ0) is 24.2. The molecule has 0 unspecified atom stereocenters. The van der Waals surface area contributed by atoms with Crippen molar-refractivity contribution in [2.75, 3.05) is 0 Å². The summed E-state index contributed by atoms with van der Waals surface area (Å²) in [7, 11) is 0. The second kappa shape index (κ2) is 7.11. The summed E-state index contributed by atoms with van der Waals surface area (Å²) >= 11 is 0. The van der Waals surface area contributed by atoms with E-state index in [4.69, 9.17) is 0 Å². The van der Waals surface area contributed by atoms with Crippen LogP contribution in [0.5, 0.6) is 0 Å². The van der Waals surface area contributed by atoms with Crippen LogP contribution in [0.4, 0.5) is 0 Å². The van der Waals surface area contributed by atoms with Crippen LogP contribution in [0.3, 0.4) is 0 Å². The highest BCUT2D eigenvalue weighted by Crippen LogP contribution is 2.77. The van der Waals surface area contributed by atoms with Gasteiger partial charge in [0.2, 0.25) is 0 Å². The van der Waals surface area contributed by atoms with Crippen LogP contribution >= 0.6 is 0 Å². The number of hydrogen-bond acceptors (Lipinski definition) is 2. The molecule has 0 radical (unpaired) electrons. The predicted octanol–water partition coefficient (Wildman–Crippen LogP) is 7.09. The smallest absolute Gasteiger partial charge is 0.309 e. The lowest BCUT2D eigenvalue weighted by molar-refractivity contribution is -0.248. The van der Waals surface area contributed by atoms with Gasteiger partial charge in [-0.1, -0.05) is 46.8 Å². The summed E-state index contributed by atoms with van der Waals surface area (Å²) < 4.78 is 0. The molecule has 33 heavy (non-hydrogen) atoms. The molecule has 0 aliphatic heterocycles. The third-order valence-corrected chi connectivity index (χ3v) is 13.5. The fourth-order valence-corrected chi connectivity index (χ4v) is 11.5. The fourth-order valence-electron chi connectivity index (χ4n) is 11.5. The Morgan fingerprint density at radius 3 is 2.15 bits per heavy atom. The van der Waals surface area contributed by atoms with Crippen molar-refractivity contribution < 1.29 is 15.0 Å². The molecule has 0 aromatic rings. The van der Waals surface area contributed by atoms with Crippen LogP contribution in [0.1, 0.15) is 106 Å². The number of aliphatic hydroxyl groups is 1. The molecule has 10 atom stereocenters. The first-order chi connectivity index (χ1) is 15.3. The summed E-state index contributed by atoms with van der Waals surface area (Å²) in [5.41, 5.74) is 1.35. The SMILES string of the molecule is C=C(C)[C@@H]1CC[C@@]2(C(=O)O)CC[C@]3(C)[C@H](CC[C@H]4[C@@]5(C)CC[C@H](O)C(C)(C)[C@H]5CC[C@@]43C)[C@@H]12. The van der Waals surface area contributed by atoms with Crippen LogP contribution in [-0.4, -0.2) is 22.3 Å². The standard InChI is InChI=1S/C30H48O3/c1-18(2)19-10-15-30(25(32)33)17-16-28(6)20(24(19)30)8-9-22-27(5)13-12-23(31)26(3,4)21(27)11-14-29(22,28)7/h19-24,31H,1,8-17H2,2-7H3,(H,32,33)/t19-,20+,21+,22-,23-,24+,27-,28+,29-,30+/m0/s1. The molecule has 0 aromatic heterocycles. The lowest BCUT2D eigenvalue weighted by Gasteiger charge is -2.72. The van der Waals surface area contributed by atoms with Gasteiger partial charge in [-0.3, -0.25) is 4.79 Å². The van der Waals surface area contributed by atoms with Crippen molar-refractivity contribution in [3.63, 3.8) is 0 Å². The van der Waals surface area contributed by atoms with Gasteiger partial charge >= 0.3 is 5.97 Å². The topological polar surface area (TPSA) is 57.5 Å². The molecule has 3 nitrogen and oxygen atoms in total. The minimum Gasteiger partial charge on any atom is -0.481 e. The van der Waals surface area contributed by atoms with E-state index in [1.54, 1.807) is 0 Å². The highest BCUT2D eigenvalue weighted by atomic mass is 16.4. The summed E-state index contributed by atoms with van der Waals surface area (Å²) in [5.74, 6) is 1.79. The van der Waals surface area contributed by atoms with Crippen LogP contribution in [0.2, 0.25) is 0 Å².